The lowest BCUT2D eigenvalue weighted by molar-refractivity contribution is 1.45. The van der Waals surface area contributed by atoms with E-state index in [0.717, 1.165) is 11.1 Å². The van der Waals surface area contributed by atoms with Gasteiger partial charge in [-0.15, -0.1) is 0 Å². The molecule has 0 bridgehead atoms. The predicted molar refractivity (Wildman–Crippen MR) is 51.8 cm³/mol. The molecule has 0 aliphatic heterocycles. The van der Waals surface area contributed by atoms with Crippen LogP contribution >= 0.6 is 0 Å². The molecule has 0 aliphatic carbocycles. The van der Waals surface area contributed by atoms with Crippen molar-refractivity contribution >= 4 is 17.1 Å². The third-order valence-corrected chi connectivity index (χ3v) is 1.89. The van der Waals surface area contributed by atoms with E-state index in [9.17, 15) is 0 Å². The molecule has 2 aromatic rings. The minimum atomic E-state index is 1.15. The van der Waals surface area contributed by atoms with E-state index in [1.807, 2.05) is 24.5 Å². The smallest absolute Gasteiger partial charge is 0.0460 e. The summed E-state index contributed by atoms with van der Waals surface area (Å²) in [5, 5.41) is 1.23. The van der Waals surface area contributed by atoms with Gasteiger partial charge in [0.15, 0.2) is 0 Å². The van der Waals surface area contributed by atoms with E-state index in [4.69, 9.17) is 0 Å². The largest absolute Gasteiger partial charge is 0.361 e. The summed E-state index contributed by atoms with van der Waals surface area (Å²) in [4.78, 5) is 7.16. The van der Waals surface area contributed by atoms with Gasteiger partial charge < -0.3 is 4.98 Å². The van der Waals surface area contributed by atoms with E-state index in [1.54, 1.807) is 7.05 Å². The second-order valence-corrected chi connectivity index (χ2v) is 2.68. The molecule has 0 aliphatic rings. The Bertz CT molecular complexity index is 412. The van der Waals surface area contributed by atoms with E-state index in [-0.39, 0.29) is 0 Å². The summed E-state index contributed by atoms with van der Waals surface area (Å²) in [5.74, 6) is 0. The minimum Gasteiger partial charge on any atom is -0.361 e. The molecule has 1 N–H and O–H groups in total. The Kier molecular flexibility index (Phi) is 1.67. The SMILES string of the molecule is CN=Cc1c[nH]c2ccccc12. The van der Waals surface area contributed by atoms with Crippen LogP contribution in [0.4, 0.5) is 0 Å². The Morgan fingerprint density at radius 2 is 2.17 bits per heavy atom. The first-order valence-electron chi connectivity index (χ1n) is 3.90. The molecule has 12 heavy (non-hydrogen) atoms. The number of fused-ring (bicyclic) bond motifs is 1. The van der Waals surface area contributed by atoms with Gasteiger partial charge in [0, 0.05) is 35.9 Å². The van der Waals surface area contributed by atoms with Crippen molar-refractivity contribution in [2.24, 2.45) is 4.99 Å². The summed E-state index contributed by atoms with van der Waals surface area (Å²) in [7, 11) is 1.78. The van der Waals surface area contributed by atoms with Gasteiger partial charge in [-0.25, -0.2) is 0 Å². The predicted octanol–water partition coefficient (Wildman–Crippen LogP) is 2.22. The monoisotopic (exact) mass is 158 g/mol. The molecule has 0 radical (unpaired) electrons. The van der Waals surface area contributed by atoms with Crippen molar-refractivity contribution in [2.45, 2.75) is 0 Å². The number of H-pyrrole nitrogens is 1. The number of para-hydroxylation sites is 1. The Labute approximate surface area is 70.9 Å². The van der Waals surface area contributed by atoms with E-state index in [2.05, 4.69) is 22.1 Å². The zero-order valence-electron chi connectivity index (χ0n) is 6.91. The maximum atomic E-state index is 3.98. The molecular formula is C10H10N2. The highest BCUT2D eigenvalue weighted by atomic mass is 14.7. The average molecular weight is 158 g/mol. The molecule has 2 nitrogen and oxygen atoms in total. The second-order valence-electron chi connectivity index (χ2n) is 2.68. The fourth-order valence-corrected chi connectivity index (χ4v) is 1.34. The van der Waals surface area contributed by atoms with Crippen molar-refractivity contribution in [1.82, 2.24) is 4.98 Å². The molecule has 1 heterocycles. The highest BCUT2D eigenvalue weighted by Crippen LogP contribution is 2.15. The third-order valence-electron chi connectivity index (χ3n) is 1.89. The Morgan fingerprint density at radius 3 is 3.00 bits per heavy atom. The maximum Gasteiger partial charge on any atom is 0.0460 e. The van der Waals surface area contributed by atoms with Gasteiger partial charge >= 0.3 is 0 Å². The number of nitrogens with zero attached hydrogens (tertiary/aromatic N) is 1. The van der Waals surface area contributed by atoms with Gasteiger partial charge in [0.05, 0.1) is 0 Å². The third kappa shape index (κ3) is 1.01. The number of nitrogens with one attached hydrogen (secondary N) is 1. The highest BCUT2D eigenvalue weighted by Gasteiger charge is 1.97. The zero-order chi connectivity index (χ0) is 8.39. The van der Waals surface area contributed by atoms with Gasteiger partial charge in [-0.1, -0.05) is 18.2 Å². The van der Waals surface area contributed by atoms with E-state index in [1.165, 1.54) is 5.39 Å². The number of benzene rings is 1. The summed E-state index contributed by atoms with van der Waals surface area (Å²) >= 11 is 0. The zero-order valence-corrected chi connectivity index (χ0v) is 6.91. The van der Waals surface area contributed by atoms with Gasteiger partial charge in [0.25, 0.3) is 0 Å². The molecular weight excluding hydrogens is 148 g/mol. The molecule has 0 fully saturated rings. The topological polar surface area (TPSA) is 28.1 Å². The normalized spacial score (nSPS) is 11.4. The quantitative estimate of drug-likeness (QED) is 0.616. The van der Waals surface area contributed by atoms with Crippen LogP contribution < -0.4 is 0 Å². The molecule has 0 amide bonds. The van der Waals surface area contributed by atoms with Crippen molar-refractivity contribution in [3.63, 3.8) is 0 Å². The molecule has 60 valence electrons. The van der Waals surface area contributed by atoms with Crippen LogP contribution in [0.2, 0.25) is 0 Å². The number of aromatic nitrogens is 1. The van der Waals surface area contributed by atoms with Crippen LogP contribution in [0.5, 0.6) is 0 Å². The van der Waals surface area contributed by atoms with Gasteiger partial charge in [-0.2, -0.15) is 0 Å². The molecule has 0 unspecified atom stereocenters. The Morgan fingerprint density at radius 1 is 1.33 bits per heavy atom. The molecule has 2 heteroatoms. The fourth-order valence-electron chi connectivity index (χ4n) is 1.34. The van der Waals surface area contributed by atoms with Crippen molar-refractivity contribution in [3.8, 4) is 0 Å². The van der Waals surface area contributed by atoms with Crippen molar-refractivity contribution in [2.75, 3.05) is 7.05 Å². The lowest BCUT2D eigenvalue weighted by Crippen LogP contribution is -1.75. The Hall–Kier alpha value is -1.57. The first-order valence-corrected chi connectivity index (χ1v) is 3.90. The number of rotatable bonds is 1. The molecule has 0 saturated carbocycles. The first kappa shape index (κ1) is 7.10. The van der Waals surface area contributed by atoms with Gasteiger partial charge in [0.2, 0.25) is 0 Å². The van der Waals surface area contributed by atoms with Gasteiger partial charge in [-0.3, -0.25) is 4.99 Å². The molecule has 0 atom stereocenters. The lowest BCUT2D eigenvalue weighted by Gasteiger charge is -1.88. The van der Waals surface area contributed by atoms with Crippen molar-refractivity contribution < 1.29 is 0 Å². The molecule has 2 rings (SSSR count). The summed E-state index contributed by atoms with van der Waals surface area (Å²) in [6.07, 6.45) is 3.83. The average Bonchev–Trinajstić information content (AvgIpc) is 2.50. The van der Waals surface area contributed by atoms with E-state index >= 15 is 0 Å². The second kappa shape index (κ2) is 2.81. The van der Waals surface area contributed by atoms with Crippen LogP contribution in [0.25, 0.3) is 10.9 Å². The summed E-state index contributed by atoms with van der Waals surface area (Å²) in [6.45, 7) is 0. The van der Waals surface area contributed by atoms with Crippen LogP contribution in [0.15, 0.2) is 35.5 Å². The molecule has 1 aromatic heterocycles. The molecule has 1 aromatic carbocycles. The van der Waals surface area contributed by atoms with Crippen LogP contribution in [-0.4, -0.2) is 18.2 Å². The van der Waals surface area contributed by atoms with Crippen molar-refractivity contribution in [3.05, 3.63) is 36.0 Å². The van der Waals surface area contributed by atoms with E-state index < -0.39 is 0 Å². The Balaban J connectivity index is 2.70. The highest BCUT2D eigenvalue weighted by molar-refractivity contribution is 5.98. The lowest BCUT2D eigenvalue weighted by atomic mass is 10.2. The van der Waals surface area contributed by atoms with Crippen LogP contribution in [-0.2, 0) is 0 Å². The van der Waals surface area contributed by atoms with Gasteiger partial charge in [0.1, 0.15) is 0 Å². The first-order chi connectivity index (χ1) is 5.92. The van der Waals surface area contributed by atoms with Crippen LogP contribution in [0, 0.1) is 0 Å². The van der Waals surface area contributed by atoms with Crippen molar-refractivity contribution in [1.29, 1.82) is 0 Å². The fraction of sp³-hybridized carbons (Fsp3) is 0.100. The molecule has 0 spiro atoms. The summed E-state index contributed by atoms with van der Waals surface area (Å²) in [6, 6.07) is 8.19. The van der Waals surface area contributed by atoms with Crippen LogP contribution in [0.1, 0.15) is 5.56 Å². The number of hydrogen-bond acceptors (Lipinski definition) is 1. The van der Waals surface area contributed by atoms with E-state index in [0.29, 0.717) is 0 Å². The number of aliphatic imine (C=N–C) groups is 1. The van der Waals surface area contributed by atoms with Gasteiger partial charge in [-0.05, 0) is 6.07 Å². The summed E-state index contributed by atoms with van der Waals surface area (Å²) in [5.41, 5.74) is 2.31. The maximum absolute atomic E-state index is 3.98. The van der Waals surface area contributed by atoms with Crippen LogP contribution in [0.3, 0.4) is 0 Å². The summed E-state index contributed by atoms with van der Waals surface area (Å²) < 4.78 is 0. The number of aromatic amines is 1. The molecule has 0 saturated heterocycles. The minimum absolute atomic E-state index is 1.15. The standard InChI is InChI=1S/C10H10N2/c1-11-6-8-7-12-10-5-3-2-4-9(8)10/h2-7,12H,1H3. The number of hydrogen-bond donors (Lipinski definition) is 1.